The summed E-state index contributed by atoms with van der Waals surface area (Å²) in [5.74, 6) is 3.35. The molecule has 1 heterocycles. The first-order valence-corrected chi connectivity index (χ1v) is 16.7. The Morgan fingerprint density at radius 1 is 0.658 bits per heavy atom. The molecule has 1 aliphatic heterocycles. The molecule has 5 nitrogen and oxygen atoms in total. The molecule has 0 spiro atoms. The number of aliphatic hydroxyl groups excluding tert-OH is 1. The molecule has 38 heavy (non-hydrogen) atoms. The summed E-state index contributed by atoms with van der Waals surface area (Å²) in [5.41, 5.74) is 6.57. The van der Waals surface area contributed by atoms with Crippen LogP contribution in [0.15, 0.2) is 91.0 Å². The number of hydrogen-bond donors (Lipinski definition) is 1. The van der Waals surface area contributed by atoms with Crippen molar-refractivity contribution in [2.75, 3.05) is 6.61 Å². The summed E-state index contributed by atoms with van der Waals surface area (Å²) in [6, 6.07) is 30.1. The first-order valence-electron chi connectivity index (χ1n) is 13.2. The maximum atomic E-state index is 10.4. The van der Waals surface area contributed by atoms with Gasteiger partial charge in [0.15, 0.2) is 0 Å². The summed E-state index contributed by atoms with van der Waals surface area (Å²) in [6.45, 7) is 7.52. The topological polar surface area (TPSA) is 57.2 Å². The Morgan fingerprint density at radius 2 is 1.08 bits per heavy atom. The van der Waals surface area contributed by atoms with Gasteiger partial charge in [0.05, 0.1) is 26.4 Å². The summed E-state index contributed by atoms with van der Waals surface area (Å²) in [7, 11) is -1.69. The molecule has 200 valence electrons. The summed E-state index contributed by atoms with van der Waals surface area (Å²) in [4.78, 5) is 0. The Labute approximate surface area is 227 Å². The van der Waals surface area contributed by atoms with E-state index in [9.17, 15) is 5.11 Å². The summed E-state index contributed by atoms with van der Waals surface area (Å²) >= 11 is 0. The molecule has 1 aliphatic rings. The van der Waals surface area contributed by atoms with Crippen molar-refractivity contribution in [2.45, 2.75) is 70.0 Å². The standard InChI is InChI=1S/C32H38O5Si/c1-38(2,3)20-19-28-30(34-22-25-13-7-4-8-14-25)32(36-24-27-17-11-6-12-18-27)31(29(21-33)37-28)35-23-26-15-9-5-10-16-26/h4-18,28-33H,21-24H2,1-3H3/t28-,29?,30?,31-,32+/m0/s1. The molecular weight excluding hydrogens is 492 g/mol. The van der Waals surface area contributed by atoms with Gasteiger partial charge >= 0.3 is 0 Å². The molecule has 0 bridgehead atoms. The van der Waals surface area contributed by atoms with E-state index >= 15 is 0 Å². The van der Waals surface area contributed by atoms with Crippen molar-refractivity contribution in [1.82, 2.24) is 0 Å². The molecule has 4 rings (SSSR count). The molecule has 5 atom stereocenters. The van der Waals surface area contributed by atoms with Crippen LogP contribution in [0.1, 0.15) is 16.7 Å². The van der Waals surface area contributed by atoms with Gasteiger partial charge in [-0.1, -0.05) is 117 Å². The van der Waals surface area contributed by atoms with E-state index in [0.29, 0.717) is 19.8 Å². The SMILES string of the molecule is C[Si](C)(C)C#C[C@@H]1OC(CO)[C@H](OCc2ccccc2)[C@H](OCc2ccccc2)C1OCc1ccccc1. The number of hydrogen-bond acceptors (Lipinski definition) is 5. The van der Waals surface area contributed by atoms with Crippen LogP contribution in [0.2, 0.25) is 19.6 Å². The van der Waals surface area contributed by atoms with Crippen LogP contribution >= 0.6 is 0 Å². The van der Waals surface area contributed by atoms with Gasteiger partial charge in [0, 0.05) is 0 Å². The second kappa shape index (κ2) is 13.9. The smallest absolute Gasteiger partial charge is 0.146 e. The molecule has 1 N–H and O–H groups in total. The van der Waals surface area contributed by atoms with Crippen LogP contribution in [-0.4, -0.2) is 50.3 Å². The third kappa shape index (κ3) is 8.37. The number of ether oxygens (including phenoxy) is 4. The van der Waals surface area contributed by atoms with Gasteiger partial charge in [-0.3, -0.25) is 0 Å². The second-order valence-corrected chi connectivity index (χ2v) is 15.3. The molecule has 3 aromatic carbocycles. The number of aliphatic hydroxyl groups is 1. The highest BCUT2D eigenvalue weighted by Gasteiger charge is 2.47. The van der Waals surface area contributed by atoms with E-state index in [0.717, 1.165) is 16.7 Å². The maximum absolute atomic E-state index is 10.4. The molecular formula is C32H38O5Si. The Morgan fingerprint density at radius 3 is 1.50 bits per heavy atom. The zero-order valence-corrected chi connectivity index (χ0v) is 23.5. The van der Waals surface area contributed by atoms with Crippen molar-refractivity contribution in [1.29, 1.82) is 0 Å². The van der Waals surface area contributed by atoms with Gasteiger partial charge in [-0.2, -0.15) is 0 Å². The van der Waals surface area contributed by atoms with Gasteiger partial charge in [0.25, 0.3) is 0 Å². The van der Waals surface area contributed by atoms with Gasteiger partial charge in [0.2, 0.25) is 0 Å². The predicted octanol–water partition coefficient (Wildman–Crippen LogP) is 5.38. The van der Waals surface area contributed by atoms with Crippen molar-refractivity contribution in [3.05, 3.63) is 108 Å². The largest absolute Gasteiger partial charge is 0.394 e. The van der Waals surface area contributed by atoms with Gasteiger partial charge in [-0.05, 0) is 16.7 Å². The fourth-order valence-corrected chi connectivity index (χ4v) is 4.91. The van der Waals surface area contributed by atoms with Crippen LogP contribution in [0.25, 0.3) is 0 Å². The summed E-state index contributed by atoms with van der Waals surface area (Å²) in [5, 5.41) is 10.4. The minimum atomic E-state index is -1.69. The van der Waals surface area contributed by atoms with Crippen LogP contribution in [0, 0.1) is 11.5 Å². The van der Waals surface area contributed by atoms with Crippen molar-refractivity contribution in [3.8, 4) is 11.5 Å². The highest BCUT2D eigenvalue weighted by molar-refractivity contribution is 6.83. The average Bonchev–Trinajstić information content (AvgIpc) is 2.94. The second-order valence-electron chi connectivity index (χ2n) is 10.6. The first kappa shape index (κ1) is 28.3. The Hall–Kier alpha value is -2.76. The zero-order chi connectivity index (χ0) is 26.8. The van der Waals surface area contributed by atoms with Crippen molar-refractivity contribution < 1.29 is 24.1 Å². The van der Waals surface area contributed by atoms with Crippen LogP contribution < -0.4 is 0 Å². The van der Waals surface area contributed by atoms with E-state index < -0.39 is 38.6 Å². The maximum Gasteiger partial charge on any atom is 0.146 e. The van der Waals surface area contributed by atoms with E-state index in [1.165, 1.54) is 0 Å². The Balaban J connectivity index is 1.64. The quantitative estimate of drug-likeness (QED) is 0.282. The van der Waals surface area contributed by atoms with E-state index in [4.69, 9.17) is 18.9 Å². The first-order chi connectivity index (χ1) is 18.4. The van der Waals surface area contributed by atoms with Crippen molar-refractivity contribution in [3.63, 3.8) is 0 Å². The van der Waals surface area contributed by atoms with E-state index in [1.807, 2.05) is 91.0 Å². The highest BCUT2D eigenvalue weighted by Crippen LogP contribution is 2.30. The van der Waals surface area contributed by atoms with E-state index in [-0.39, 0.29) is 6.61 Å². The molecule has 3 aromatic rings. The minimum Gasteiger partial charge on any atom is -0.394 e. The third-order valence-corrected chi connectivity index (χ3v) is 7.15. The summed E-state index contributed by atoms with van der Waals surface area (Å²) in [6.07, 6.45) is -2.72. The lowest BCUT2D eigenvalue weighted by Gasteiger charge is -2.44. The molecule has 1 saturated heterocycles. The lowest BCUT2D eigenvalue weighted by Crippen LogP contribution is -2.60. The normalized spacial score (nSPS) is 23.4. The number of rotatable bonds is 10. The molecule has 2 unspecified atom stereocenters. The third-order valence-electron chi connectivity index (χ3n) is 6.26. The molecule has 0 amide bonds. The Kier molecular flexibility index (Phi) is 10.3. The van der Waals surface area contributed by atoms with Gasteiger partial charge < -0.3 is 24.1 Å². The molecule has 0 aliphatic carbocycles. The van der Waals surface area contributed by atoms with E-state index in [2.05, 4.69) is 31.1 Å². The van der Waals surface area contributed by atoms with Crippen LogP contribution in [0.5, 0.6) is 0 Å². The molecule has 1 fully saturated rings. The van der Waals surface area contributed by atoms with Crippen LogP contribution in [-0.2, 0) is 38.8 Å². The monoisotopic (exact) mass is 530 g/mol. The van der Waals surface area contributed by atoms with Crippen LogP contribution in [0.4, 0.5) is 0 Å². The van der Waals surface area contributed by atoms with Gasteiger partial charge in [0.1, 0.15) is 38.6 Å². The van der Waals surface area contributed by atoms with Crippen molar-refractivity contribution >= 4 is 8.07 Å². The fraction of sp³-hybridized carbons (Fsp3) is 0.375. The lowest BCUT2D eigenvalue weighted by molar-refractivity contribution is -0.258. The van der Waals surface area contributed by atoms with E-state index in [1.54, 1.807) is 0 Å². The predicted molar refractivity (Wildman–Crippen MR) is 152 cm³/mol. The number of benzene rings is 3. The summed E-state index contributed by atoms with van der Waals surface area (Å²) < 4.78 is 25.9. The van der Waals surface area contributed by atoms with Gasteiger partial charge in [-0.15, -0.1) is 5.54 Å². The zero-order valence-electron chi connectivity index (χ0n) is 22.5. The van der Waals surface area contributed by atoms with Crippen LogP contribution in [0.3, 0.4) is 0 Å². The van der Waals surface area contributed by atoms with Crippen molar-refractivity contribution in [2.24, 2.45) is 0 Å². The lowest BCUT2D eigenvalue weighted by atomic mass is 9.94. The highest BCUT2D eigenvalue weighted by atomic mass is 28.3. The molecule has 0 aromatic heterocycles. The molecule has 0 saturated carbocycles. The Bertz CT molecular complexity index is 1150. The molecule has 6 heteroatoms. The molecule has 0 radical (unpaired) electrons. The average molecular weight is 531 g/mol. The van der Waals surface area contributed by atoms with Gasteiger partial charge in [-0.25, -0.2) is 0 Å². The minimum absolute atomic E-state index is 0.207. The fourth-order valence-electron chi connectivity index (χ4n) is 4.34.